The first kappa shape index (κ1) is 11.3. The third-order valence-electron chi connectivity index (χ3n) is 2.16. The van der Waals surface area contributed by atoms with E-state index in [0.717, 1.165) is 17.3 Å². The van der Waals surface area contributed by atoms with Gasteiger partial charge in [-0.2, -0.15) is 11.3 Å². The minimum absolute atomic E-state index is 0.227. The zero-order valence-electron chi connectivity index (χ0n) is 8.15. The lowest BCUT2D eigenvalue weighted by atomic mass is 10.1. The number of hydrogen-bond donors (Lipinski definition) is 1. The number of nitrogens with two attached hydrogens (primary N) is 1. The maximum absolute atomic E-state index is 6.10. The molecular formula is C11H12BrNS2. The second-order valence-corrected chi connectivity index (χ2v) is 6.22. The highest BCUT2D eigenvalue weighted by Crippen LogP contribution is 2.21. The molecule has 0 amide bonds. The van der Waals surface area contributed by atoms with Crippen molar-refractivity contribution in [1.82, 2.24) is 0 Å². The lowest BCUT2D eigenvalue weighted by Gasteiger charge is -2.08. The summed E-state index contributed by atoms with van der Waals surface area (Å²) in [5.41, 5.74) is 7.45. The number of halogens is 1. The van der Waals surface area contributed by atoms with Gasteiger partial charge in [0.25, 0.3) is 0 Å². The number of rotatable bonds is 4. The van der Waals surface area contributed by atoms with Gasteiger partial charge in [0, 0.05) is 20.8 Å². The molecule has 80 valence electrons. The monoisotopic (exact) mass is 301 g/mol. The van der Waals surface area contributed by atoms with Crippen LogP contribution in [0.4, 0.5) is 0 Å². The third-order valence-corrected chi connectivity index (χ3v) is 4.62. The van der Waals surface area contributed by atoms with Crippen LogP contribution < -0.4 is 5.73 Å². The molecule has 4 heteroatoms. The minimum atomic E-state index is 0.227. The topological polar surface area (TPSA) is 26.0 Å². The van der Waals surface area contributed by atoms with Gasteiger partial charge in [-0.3, -0.25) is 0 Å². The molecule has 2 aromatic rings. The van der Waals surface area contributed by atoms with E-state index < -0.39 is 0 Å². The van der Waals surface area contributed by atoms with Gasteiger partial charge in [-0.1, -0.05) is 0 Å². The Labute approximate surface area is 106 Å². The Morgan fingerprint density at radius 1 is 1.33 bits per heavy atom. The van der Waals surface area contributed by atoms with Gasteiger partial charge in [-0.25, -0.2) is 0 Å². The molecule has 0 bridgehead atoms. The molecule has 0 aliphatic rings. The second kappa shape index (κ2) is 5.25. The summed E-state index contributed by atoms with van der Waals surface area (Å²) >= 11 is 6.95. The van der Waals surface area contributed by atoms with Crippen molar-refractivity contribution >= 4 is 38.6 Å². The van der Waals surface area contributed by atoms with E-state index in [1.807, 2.05) is 0 Å². The van der Waals surface area contributed by atoms with Gasteiger partial charge < -0.3 is 5.73 Å². The molecule has 15 heavy (non-hydrogen) atoms. The molecule has 2 N–H and O–H groups in total. The van der Waals surface area contributed by atoms with Crippen LogP contribution in [-0.2, 0) is 12.8 Å². The summed E-state index contributed by atoms with van der Waals surface area (Å²) in [4.78, 5) is 1.35. The average molecular weight is 302 g/mol. The fraction of sp³-hybridized carbons (Fsp3) is 0.273. The van der Waals surface area contributed by atoms with Gasteiger partial charge in [0.05, 0.1) is 0 Å². The predicted molar refractivity (Wildman–Crippen MR) is 71.7 cm³/mol. The van der Waals surface area contributed by atoms with Crippen LogP contribution in [0, 0.1) is 0 Å². The lowest BCUT2D eigenvalue weighted by Crippen LogP contribution is -2.24. The molecule has 0 spiro atoms. The normalized spacial score (nSPS) is 12.9. The van der Waals surface area contributed by atoms with E-state index >= 15 is 0 Å². The maximum atomic E-state index is 6.10. The zero-order valence-corrected chi connectivity index (χ0v) is 11.4. The predicted octanol–water partition coefficient (Wildman–Crippen LogP) is 3.68. The van der Waals surface area contributed by atoms with Gasteiger partial charge in [0.1, 0.15) is 0 Å². The van der Waals surface area contributed by atoms with Crippen molar-refractivity contribution in [2.75, 3.05) is 0 Å². The van der Waals surface area contributed by atoms with Crippen molar-refractivity contribution in [3.05, 3.63) is 43.2 Å². The molecule has 2 aromatic heterocycles. The van der Waals surface area contributed by atoms with Crippen molar-refractivity contribution in [3.8, 4) is 0 Å². The minimum Gasteiger partial charge on any atom is -0.327 e. The summed E-state index contributed by atoms with van der Waals surface area (Å²) in [5, 5.41) is 6.38. The van der Waals surface area contributed by atoms with E-state index in [0.29, 0.717) is 0 Å². The van der Waals surface area contributed by atoms with Gasteiger partial charge in [-0.15, -0.1) is 11.3 Å². The SMILES string of the molecule is NC(Cc1ccsc1)Cc1cc(Br)cs1. The fourth-order valence-electron chi connectivity index (χ4n) is 1.50. The van der Waals surface area contributed by atoms with Crippen LogP contribution in [0.5, 0.6) is 0 Å². The molecule has 2 rings (SSSR count). The Hall–Kier alpha value is -0.160. The van der Waals surface area contributed by atoms with E-state index in [1.165, 1.54) is 10.4 Å². The first-order chi connectivity index (χ1) is 7.24. The first-order valence-electron chi connectivity index (χ1n) is 4.73. The van der Waals surface area contributed by atoms with Gasteiger partial charge in [0.15, 0.2) is 0 Å². The van der Waals surface area contributed by atoms with Gasteiger partial charge >= 0.3 is 0 Å². The number of hydrogen-bond acceptors (Lipinski definition) is 3. The molecule has 2 heterocycles. The molecule has 0 fully saturated rings. The Bertz CT molecular complexity index is 408. The van der Waals surface area contributed by atoms with Crippen molar-refractivity contribution in [2.24, 2.45) is 5.73 Å². The molecule has 0 radical (unpaired) electrons. The summed E-state index contributed by atoms with van der Waals surface area (Å²) < 4.78 is 1.16. The maximum Gasteiger partial charge on any atom is 0.0285 e. The average Bonchev–Trinajstić information content (AvgIpc) is 2.77. The van der Waals surface area contributed by atoms with Crippen LogP contribution in [-0.4, -0.2) is 6.04 Å². The van der Waals surface area contributed by atoms with Crippen LogP contribution in [0.1, 0.15) is 10.4 Å². The van der Waals surface area contributed by atoms with Crippen LogP contribution in [0.2, 0.25) is 0 Å². The van der Waals surface area contributed by atoms with Crippen molar-refractivity contribution in [3.63, 3.8) is 0 Å². The summed E-state index contributed by atoms with van der Waals surface area (Å²) in [6.45, 7) is 0. The van der Waals surface area contributed by atoms with Crippen molar-refractivity contribution in [2.45, 2.75) is 18.9 Å². The molecule has 1 atom stereocenters. The van der Waals surface area contributed by atoms with Crippen LogP contribution in [0.25, 0.3) is 0 Å². The summed E-state index contributed by atoms with van der Waals surface area (Å²) in [6.07, 6.45) is 1.94. The molecular weight excluding hydrogens is 290 g/mol. The molecule has 1 unspecified atom stereocenters. The first-order valence-corrected chi connectivity index (χ1v) is 7.35. The molecule has 0 saturated heterocycles. The van der Waals surface area contributed by atoms with Crippen molar-refractivity contribution < 1.29 is 0 Å². The summed E-state index contributed by atoms with van der Waals surface area (Å²) in [7, 11) is 0. The van der Waals surface area contributed by atoms with E-state index in [2.05, 4.69) is 44.2 Å². The molecule has 1 nitrogen and oxygen atoms in total. The standard InChI is InChI=1S/C11H12BrNS2/c12-9-4-11(15-7-9)5-10(13)3-8-1-2-14-6-8/h1-2,4,6-7,10H,3,5,13H2. The Morgan fingerprint density at radius 3 is 2.80 bits per heavy atom. The van der Waals surface area contributed by atoms with E-state index in [1.54, 1.807) is 22.7 Å². The highest BCUT2D eigenvalue weighted by Gasteiger charge is 2.07. The van der Waals surface area contributed by atoms with E-state index in [4.69, 9.17) is 5.73 Å². The Kier molecular flexibility index (Phi) is 3.97. The molecule has 0 aromatic carbocycles. The smallest absolute Gasteiger partial charge is 0.0285 e. The number of thiophene rings is 2. The highest BCUT2D eigenvalue weighted by atomic mass is 79.9. The zero-order chi connectivity index (χ0) is 10.7. The molecule has 0 aliphatic heterocycles. The Morgan fingerprint density at radius 2 is 2.20 bits per heavy atom. The fourth-order valence-corrected chi connectivity index (χ4v) is 3.73. The Balaban J connectivity index is 1.90. The van der Waals surface area contributed by atoms with Crippen LogP contribution in [0.15, 0.2) is 32.7 Å². The van der Waals surface area contributed by atoms with E-state index in [9.17, 15) is 0 Å². The third kappa shape index (κ3) is 3.41. The summed E-state index contributed by atoms with van der Waals surface area (Å²) in [5.74, 6) is 0. The van der Waals surface area contributed by atoms with Gasteiger partial charge in [-0.05, 0) is 57.2 Å². The van der Waals surface area contributed by atoms with E-state index in [-0.39, 0.29) is 6.04 Å². The van der Waals surface area contributed by atoms with Crippen LogP contribution in [0.3, 0.4) is 0 Å². The van der Waals surface area contributed by atoms with Crippen LogP contribution >= 0.6 is 38.6 Å². The molecule has 0 saturated carbocycles. The van der Waals surface area contributed by atoms with Gasteiger partial charge in [0.2, 0.25) is 0 Å². The lowest BCUT2D eigenvalue weighted by molar-refractivity contribution is 0.672. The second-order valence-electron chi connectivity index (χ2n) is 3.53. The largest absolute Gasteiger partial charge is 0.327 e. The quantitative estimate of drug-likeness (QED) is 0.916. The van der Waals surface area contributed by atoms with Crippen molar-refractivity contribution in [1.29, 1.82) is 0 Å². The highest BCUT2D eigenvalue weighted by molar-refractivity contribution is 9.10. The molecule has 0 aliphatic carbocycles. The summed E-state index contributed by atoms with van der Waals surface area (Å²) in [6, 6.07) is 4.53.